The van der Waals surface area contributed by atoms with Gasteiger partial charge in [0.2, 0.25) is 0 Å². The minimum atomic E-state index is -4.29. The fourth-order valence-corrected chi connectivity index (χ4v) is 3.35. The maximum Gasteiger partial charge on any atom is 0.390 e. The van der Waals surface area contributed by atoms with Crippen molar-refractivity contribution >= 4 is 5.78 Å². The summed E-state index contributed by atoms with van der Waals surface area (Å²) in [7, 11) is 0. The number of halogens is 3. The Morgan fingerprint density at radius 1 is 0.913 bits per heavy atom. The lowest BCUT2D eigenvalue weighted by Crippen LogP contribution is -2.17. The molecule has 0 amide bonds. The lowest BCUT2D eigenvalue weighted by atomic mass is 9.83. The van der Waals surface area contributed by atoms with Crippen molar-refractivity contribution < 1.29 is 18.0 Å². The van der Waals surface area contributed by atoms with Gasteiger partial charge in [-0.15, -0.1) is 0 Å². The summed E-state index contributed by atoms with van der Waals surface area (Å²) < 4.78 is 39.5. The zero-order valence-corrected chi connectivity index (χ0v) is 12.6. The van der Waals surface area contributed by atoms with Crippen molar-refractivity contribution in [2.45, 2.75) is 37.8 Å². The Hall–Kier alpha value is -2.10. The van der Waals surface area contributed by atoms with Gasteiger partial charge in [0.05, 0.1) is 6.42 Å². The molecule has 1 nitrogen and oxygen atoms in total. The number of fused-ring (bicyclic) bond motifs is 2. The highest BCUT2D eigenvalue weighted by Crippen LogP contribution is 2.40. The van der Waals surface area contributed by atoms with E-state index in [1.165, 1.54) is 0 Å². The smallest absolute Gasteiger partial charge is 0.294 e. The number of ketones is 1. The molecular formula is C19H17F3O. The van der Waals surface area contributed by atoms with Gasteiger partial charge in [-0.3, -0.25) is 4.79 Å². The topological polar surface area (TPSA) is 17.1 Å². The first-order valence-corrected chi connectivity index (χ1v) is 7.72. The van der Waals surface area contributed by atoms with E-state index >= 15 is 0 Å². The minimum absolute atomic E-state index is 0.0689. The highest BCUT2D eigenvalue weighted by atomic mass is 19.4. The van der Waals surface area contributed by atoms with Gasteiger partial charge in [0.1, 0.15) is 0 Å². The summed E-state index contributed by atoms with van der Waals surface area (Å²) in [6, 6.07) is 14.0. The third-order valence-electron chi connectivity index (χ3n) is 4.35. The van der Waals surface area contributed by atoms with Gasteiger partial charge in [0.25, 0.3) is 0 Å². The van der Waals surface area contributed by atoms with Crippen LogP contribution in [0.4, 0.5) is 13.2 Å². The molecule has 23 heavy (non-hydrogen) atoms. The van der Waals surface area contributed by atoms with E-state index in [4.69, 9.17) is 0 Å². The standard InChI is InChI=1S/C19H17F3O/c20-19(21,22)12-17-14-8-2-1-6-13(14)7-5-11-18(23)16-10-4-3-9-15(16)17/h1-4,6,8-10,17H,5,7,11-12H2. The minimum Gasteiger partial charge on any atom is -0.294 e. The van der Waals surface area contributed by atoms with Crippen molar-refractivity contribution in [3.63, 3.8) is 0 Å². The first kappa shape index (κ1) is 15.8. The second kappa shape index (κ2) is 6.19. The van der Waals surface area contributed by atoms with Crippen LogP contribution in [0.15, 0.2) is 48.5 Å². The predicted molar refractivity (Wildman–Crippen MR) is 82.7 cm³/mol. The molecule has 0 fully saturated rings. The fraction of sp³-hybridized carbons (Fsp3) is 0.316. The molecule has 1 unspecified atom stereocenters. The van der Waals surface area contributed by atoms with Crippen LogP contribution in [0.3, 0.4) is 0 Å². The normalized spacial score (nSPS) is 18.4. The van der Waals surface area contributed by atoms with Crippen molar-refractivity contribution in [1.82, 2.24) is 0 Å². The third-order valence-corrected chi connectivity index (χ3v) is 4.35. The van der Waals surface area contributed by atoms with Crippen LogP contribution >= 0.6 is 0 Å². The molecule has 120 valence electrons. The zero-order valence-electron chi connectivity index (χ0n) is 12.6. The summed E-state index contributed by atoms with van der Waals surface area (Å²) in [5, 5.41) is 0. The van der Waals surface area contributed by atoms with Gasteiger partial charge in [-0.25, -0.2) is 0 Å². The molecule has 2 aromatic rings. The molecule has 0 heterocycles. The third kappa shape index (κ3) is 3.46. The number of alkyl halides is 3. The SMILES string of the molecule is O=C1CCCc2ccccc2C(CC(F)(F)F)c2ccccc21. The van der Waals surface area contributed by atoms with E-state index in [1.54, 1.807) is 36.4 Å². The van der Waals surface area contributed by atoms with E-state index in [1.807, 2.05) is 12.1 Å². The largest absolute Gasteiger partial charge is 0.390 e. The average molecular weight is 318 g/mol. The molecule has 4 heteroatoms. The molecule has 0 bridgehead atoms. The molecule has 0 saturated carbocycles. The summed E-state index contributed by atoms with van der Waals surface area (Å²) >= 11 is 0. The van der Waals surface area contributed by atoms with Crippen LogP contribution in [0.1, 0.15) is 52.2 Å². The Balaban J connectivity index is 2.20. The van der Waals surface area contributed by atoms with Crippen LogP contribution < -0.4 is 0 Å². The number of carbonyl (C=O) groups excluding carboxylic acids is 1. The molecular weight excluding hydrogens is 301 g/mol. The van der Waals surface area contributed by atoms with Gasteiger partial charge >= 0.3 is 6.18 Å². The van der Waals surface area contributed by atoms with Gasteiger partial charge in [-0.2, -0.15) is 13.2 Å². The summed E-state index contributed by atoms with van der Waals surface area (Å²) in [4.78, 5) is 12.4. The maximum absolute atomic E-state index is 13.2. The van der Waals surface area contributed by atoms with Gasteiger partial charge < -0.3 is 0 Å². The van der Waals surface area contributed by atoms with E-state index in [0.29, 0.717) is 36.0 Å². The van der Waals surface area contributed by atoms with Crippen LogP contribution in [0.5, 0.6) is 0 Å². The Kier molecular flexibility index (Phi) is 4.24. The summed E-state index contributed by atoms with van der Waals surface area (Å²) in [6.07, 6.45) is -3.59. The number of aryl methyl sites for hydroxylation is 1. The molecule has 2 aromatic carbocycles. The molecule has 0 N–H and O–H groups in total. The van der Waals surface area contributed by atoms with E-state index in [2.05, 4.69) is 0 Å². The molecule has 1 aliphatic rings. The first-order valence-electron chi connectivity index (χ1n) is 7.72. The Morgan fingerprint density at radius 3 is 2.30 bits per heavy atom. The van der Waals surface area contributed by atoms with Gasteiger partial charge in [0.15, 0.2) is 5.78 Å². The van der Waals surface area contributed by atoms with Gasteiger partial charge in [0, 0.05) is 17.9 Å². The fourth-order valence-electron chi connectivity index (χ4n) is 3.35. The molecule has 0 spiro atoms. The molecule has 1 aliphatic carbocycles. The van der Waals surface area contributed by atoms with Crippen LogP contribution in [0.25, 0.3) is 0 Å². The van der Waals surface area contributed by atoms with E-state index in [9.17, 15) is 18.0 Å². The Labute approximate surface area is 133 Å². The van der Waals surface area contributed by atoms with Crippen LogP contribution in [-0.2, 0) is 6.42 Å². The number of hydrogen-bond donors (Lipinski definition) is 0. The molecule has 0 radical (unpaired) electrons. The number of carbonyl (C=O) groups is 1. The molecule has 3 rings (SSSR count). The monoisotopic (exact) mass is 318 g/mol. The predicted octanol–water partition coefficient (Wildman–Crippen LogP) is 5.29. The maximum atomic E-state index is 13.2. The average Bonchev–Trinajstić information content (AvgIpc) is 2.56. The van der Waals surface area contributed by atoms with Gasteiger partial charge in [-0.05, 0) is 29.5 Å². The van der Waals surface area contributed by atoms with Crippen LogP contribution in [0.2, 0.25) is 0 Å². The van der Waals surface area contributed by atoms with E-state index in [-0.39, 0.29) is 5.78 Å². The quantitative estimate of drug-likeness (QED) is 0.698. The lowest BCUT2D eigenvalue weighted by Gasteiger charge is -2.23. The molecule has 0 saturated heterocycles. The number of hydrogen-bond acceptors (Lipinski definition) is 1. The number of benzene rings is 2. The lowest BCUT2D eigenvalue weighted by molar-refractivity contribution is -0.136. The van der Waals surface area contributed by atoms with E-state index < -0.39 is 18.5 Å². The molecule has 0 aliphatic heterocycles. The van der Waals surface area contributed by atoms with Crippen molar-refractivity contribution in [3.05, 3.63) is 70.8 Å². The van der Waals surface area contributed by atoms with Crippen LogP contribution in [0, 0.1) is 0 Å². The van der Waals surface area contributed by atoms with Crippen LogP contribution in [-0.4, -0.2) is 12.0 Å². The summed E-state index contributed by atoms with van der Waals surface area (Å²) in [5.74, 6) is -0.898. The highest BCUT2D eigenvalue weighted by Gasteiger charge is 2.36. The number of Topliss-reactive ketones (excluding diaryl/α,β-unsaturated/α-hetero) is 1. The van der Waals surface area contributed by atoms with Crippen molar-refractivity contribution in [2.75, 3.05) is 0 Å². The second-order valence-corrected chi connectivity index (χ2v) is 5.93. The van der Waals surface area contributed by atoms with Crippen molar-refractivity contribution in [2.24, 2.45) is 0 Å². The number of rotatable bonds is 1. The van der Waals surface area contributed by atoms with Crippen molar-refractivity contribution in [1.29, 1.82) is 0 Å². The molecule has 0 aromatic heterocycles. The van der Waals surface area contributed by atoms with E-state index in [0.717, 1.165) is 5.56 Å². The zero-order chi connectivity index (χ0) is 16.4. The molecule has 1 atom stereocenters. The summed E-state index contributed by atoms with van der Waals surface area (Å²) in [6.45, 7) is 0. The first-order chi connectivity index (χ1) is 11.0. The van der Waals surface area contributed by atoms with Gasteiger partial charge in [-0.1, -0.05) is 48.5 Å². The van der Waals surface area contributed by atoms with Crippen molar-refractivity contribution in [3.8, 4) is 0 Å². The second-order valence-electron chi connectivity index (χ2n) is 5.93. The Bertz CT molecular complexity index is 719. The summed E-state index contributed by atoms with van der Waals surface area (Å²) in [5.41, 5.74) is 2.51. The Morgan fingerprint density at radius 2 is 1.57 bits per heavy atom. The highest BCUT2D eigenvalue weighted by molar-refractivity contribution is 5.97.